The van der Waals surface area contributed by atoms with Gasteiger partial charge in [-0.15, -0.1) is 0 Å². The van der Waals surface area contributed by atoms with Crippen molar-refractivity contribution in [2.24, 2.45) is 0 Å². The second kappa shape index (κ2) is 9.68. The first kappa shape index (κ1) is 21.0. The number of halogens is 2. The van der Waals surface area contributed by atoms with E-state index in [1.165, 1.54) is 5.56 Å². The molecule has 3 rings (SSSR count). The Bertz CT molecular complexity index is 1000. The fourth-order valence-electron chi connectivity index (χ4n) is 2.70. The second-order valence-electron chi connectivity index (χ2n) is 6.76. The molecule has 0 heterocycles. The standard InChI is InChI=1S/C23H22Cl2N2O2/c1-15-3-7-20(11-16(15)2)27-23(28)14-29-22-10-4-17(12-21(22)25)13-26-19-8-5-18(24)6-9-19/h3-12,26H,13-14H2,1-2H3,(H,27,28). The molecule has 0 atom stereocenters. The summed E-state index contributed by atoms with van der Waals surface area (Å²) in [4.78, 5) is 12.1. The van der Waals surface area contributed by atoms with Gasteiger partial charge in [0.15, 0.2) is 6.61 Å². The van der Waals surface area contributed by atoms with Gasteiger partial charge < -0.3 is 15.4 Å². The van der Waals surface area contributed by atoms with E-state index in [9.17, 15) is 4.79 Å². The van der Waals surface area contributed by atoms with Crippen LogP contribution in [0.5, 0.6) is 5.75 Å². The summed E-state index contributed by atoms with van der Waals surface area (Å²) in [6.45, 7) is 4.52. The highest BCUT2D eigenvalue weighted by Gasteiger charge is 2.08. The number of carbonyl (C=O) groups is 1. The van der Waals surface area contributed by atoms with E-state index in [4.69, 9.17) is 27.9 Å². The van der Waals surface area contributed by atoms with Crippen LogP contribution in [0.15, 0.2) is 60.7 Å². The Balaban J connectivity index is 1.52. The van der Waals surface area contributed by atoms with E-state index in [-0.39, 0.29) is 12.5 Å². The smallest absolute Gasteiger partial charge is 0.262 e. The number of ether oxygens (including phenoxy) is 1. The molecule has 0 aliphatic heterocycles. The van der Waals surface area contributed by atoms with Crippen LogP contribution in [0.2, 0.25) is 10.0 Å². The molecule has 0 bridgehead atoms. The zero-order valence-electron chi connectivity index (χ0n) is 16.3. The number of aryl methyl sites for hydroxylation is 2. The van der Waals surface area contributed by atoms with Crippen molar-refractivity contribution in [2.75, 3.05) is 17.2 Å². The maximum atomic E-state index is 12.1. The van der Waals surface area contributed by atoms with E-state index in [2.05, 4.69) is 10.6 Å². The lowest BCUT2D eigenvalue weighted by atomic mass is 10.1. The van der Waals surface area contributed by atoms with Crippen molar-refractivity contribution in [3.05, 3.63) is 87.4 Å². The minimum absolute atomic E-state index is 0.116. The Kier molecular flexibility index (Phi) is 7.02. The second-order valence-corrected chi connectivity index (χ2v) is 7.60. The van der Waals surface area contributed by atoms with E-state index < -0.39 is 0 Å². The lowest BCUT2D eigenvalue weighted by Crippen LogP contribution is -2.20. The van der Waals surface area contributed by atoms with Crippen LogP contribution in [0.4, 0.5) is 11.4 Å². The molecule has 0 aliphatic rings. The predicted molar refractivity (Wildman–Crippen MR) is 120 cm³/mol. The van der Waals surface area contributed by atoms with Crippen molar-refractivity contribution >= 4 is 40.5 Å². The number of rotatable bonds is 7. The minimum atomic E-state index is -0.238. The van der Waals surface area contributed by atoms with Crippen LogP contribution >= 0.6 is 23.2 Å². The third-order valence-corrected chi connectivity index (χ3v) is 5.03. The molecule has 4 nitrogen and oxygen atoms in total. The van der Waals surface area contributed by atoms with Crippen molar-refractivity contribution in [2.45, 2.75) is 20.4 Å². The predicted octanol–water partition coefficient (Wildman–Crippen LogP) is 6.24. The molecule has 29 heavy (non-hydrogen) atoms. The maximum absolute atomic E-state index is 12.1. The van der Waals surface area contributed by atoms with Gasteiger partial charge in [0.05, 0.1) is 5.02 Å². The molecule has 1 amide bonds. The fourth-order valence-corrected chi connectivity index (χ4v) is 3.09. The van der Waals surface area contributed by atoms with E-state index in [1.54, 1.807) is 6.07 Å². The monoisotopic (exact) mass is 428 g/mol. The molecule has 6 heteroatoms. The first-order chi connectivity index (χ1) is 13.9. The van der Waals surface area contributed by atoms with Gasteiger partial charge in [0.25, 0.3) is 5.91 Å². The SMILES string of the molecule is Cc1ccc(NC(=O)COc2ccc(CNc3ccc(Cl)cc3)cc2Cl)cc1C. The zero-order valence-corrected chi connectivity index (χ0v) is 17.8. The Morgan fingerprint density at radius 2 is 1.62 bits per heavy atom. The molecule has 0 spiro atoms. The van der Waals surface area contributed by atoms with Crippen LogP contribution in [0, 0.1) is 13.8 Å². The average molecular weight is 429 g/mol. The fraction of sp³-hybridized carbons (Fsp3) is 0.174. The molecule has 0 aromatic heterocycles. The molecular formula is C23H22Cl2N2O2. The van der Waals surface area contributed by atoms with Crippen molar-refractivity contribution in [1.82, 2.24) is 0 Å². The van der Waals surface area contributed by atoms with Crippen molar-refractivity contribution in [3.8, 4) is 5.75 Å². The minimum Gasteiger partial charge on any atom is -0.482 e. The first-order valence-electron chi connectivity index (χ1n) is 9.18. The highest BCUT2D eigenvalue weighted by molar-refractivity contribution is 6.32. The lowest BCUT2D eigenvalue weighted by molar-refractivity contribution is -0.118. The summed E-state index contributed by atoms with van der Waals surface area (Å²) in [5.74, 6) is 0.231. The van der Waals surface area contributed by atoms with Gasteiger partial charge >= 0.3 is 0 Å². The molecule has 0 saturated heterocycles. The summed E-state index contributed by atoms with van der Waals surface area (Å²) in [5, 5.41) is 7.28. The number of hydrogen-bond donors (Lipinski definition) is 2. The van der Waals surface area contributed by atoms with Gasteiger partial charge in [0.1, 0.15) is 5.75 Å². The van der Waals surface area contributed by atoms with Crippen molar-refractivity contribution in [1.29, 1.82) is 0 Å². The number of benzene rings is 3. The van der Waals surface area contributed by atoms with Gasteiger partial charge in [-0.05, 0) is 79.1 Å². The molecule has 0 radical (unpaired) electrons. The summed E-state index contributed by atoms with van der Waals surface area (Å²) in [5.41, 5.74) is 5.01. The first-order valence-corrected chi connectivity index (χ1v) is 9.94. The highest BCUT2D eigenvalue weighted by Crippen LogP contribution is 2.26. The highest BCUT2D eigenvalue weighted by atomic mass is 35.5. The summed E-state index contributed by atoms with van der Waals surface area (Å²) < 4.78 is 5.58. The van der Waals surface area contributed by atoms with Crippen molar-refractivity contribution in [3.63, 3.8) is 0 Å². The number of carbonyl (C=O) groups excluding carboxylic acids is 1. The van der Waals surface area contributed by atoms with Crippen LogP contribution in [0.25, 0.3) is 0 Å². The van der Waals surface area contributed by atoms with Gasteiger partial charge in [-0.2, -0.15) is 0 Å². The van der Waals surface area contributed by atoms with E-state index in [1.807, 2.05) is 68.4 Å². The molecule has 0 fully saturated rings. The number of anilines is 2. The van der Waals surface area contributed by atoms with Gasteiger partial charge in [0, 0.05) is 22.9 Å². The topological polar surface area (TPSA) is 50.4 Å². The van der Waals surface area contributed by atoms with E-state index >= 15 is 0 Å². The Labute approximate surface area is 180 Å². The zero-order chi connectivity index (χ0) is 20.8. The number of amides is 1. The van der Waals surface area contributed by atoms with E-state index in [0.29, 0.717) is 22.3 Å². The van der Waals surface area contributed by atoms with Gasteiger partial charge in [-0.25, -0.2) is 0 Å². The summed E-state index contributed by atoms with van der Waals surface area (Å²) in [7, 11) is 0. The van der Waals surface area contributed by atoms with Crippen LogP contribution in [0.3, 0.4) is 0 Å². The average Bonchev–Trinajstić information content (AvgIpc) is 2.69. The molecule has 150 valence electrons. The van der Waals surface area contributed by atoms with Gasteiger partial charge in [0.2, 0.25) is 0 Å². The Hall–Kier alpha value is -2.69. The third kappa shape index (κ3) is 6.14. The Morgan fingerprint density at radius 3 is 2.31 bits per heavy atom. The van der Waals surface area contributed by atoms with E-state index in [0.717, 1.165) is 22.5 Å². The number of nitrogens with one attached hydrogen (secondary N) is 2. The summed E-state index contributed by atoms with van der Waals surface area (Å²) in [6.07, 6.45) is 0. The van der Waals surface area contributed by atoms with Crippen LogP contribution in [0.1, 0.15) is 16.7 Å². The summed E-state index contributed by atoms with van der Waals surface area (Å²) in [6, 6.07) is 18.8. The molecule has 2 N–H and O–H groups in total. The third-order valence-electron chi connectivity index (χ3n) is 4.49. The van der Waals surface area contributed by atoms with Gasteiger partial charge in [-0.1, -0.05) is 35.3 Å². The molecule has 3 aromatic carbocycles. The molecule has 0 aliphatic carbocycles. The lowest BCUT2D eigenvalue weighted by Gasteiger charge is -2.12. The number of hydrogen-bond acceptors (Lipinski definition) is 3. The molecule has 3 aromatic rings. The molecule has 0 saturated carbocycles. The van der Waals surface area contributed by atoms with Gasteiger partial charge in [-0.3, -0.25) is 4.79 Å². The summed E-state index contributed by atoms with van der Waals surface area (Å²) >= 11 is 12.2. The molecule has 0 unspecified atom stereocenters. The van der Waals surface area contributed by atoms with Crippen molar-refractivity contribution < 1.29 is 9.53 Å². The maximum Gasteiger partial charge on any atom is 0.262 e. The normalized spacial score (nSPS) is 10.5. The van der Waals surface area contributed by atoms with Crippen LogP contribution in [-0.2, 0) is 11.3 Å². The largest absolute Gasteiger partial charge is 0.482 e. The van der Waals surface area contributed by atoms with Crippen LogP contribution in [-0.4, -0.2) is 12.5 Å². The Morgan fingerprint density at radius 1 is 0.897 bits per heavy atom. The molecular weight excluding hydrogens is 407 g/mol. The van der Waals surface area contributed by atoms with Crippen LogP contribution < -0.4 is 15.4 Å². The quantitative estimate of drug-likeness (QED) is 0.468.